The Morgan fingerprint density at radius 1 is 1.33 bits per heavy atom. The number of nitrogens with zero attached hydrogens (tertiary/aromatic N) is 2. The maximum atomic E-state index is 9.64. The number of hydrogen-bond acceptors (Lipinski definition) is 3. The lowest BCUT2D eigenvalue weighted by Gasteiger charge is -1.85. The van der Waals surface area contributed by atoms with Gasteiger partial charge in [0.2, 0.25) is 0 Å². The molecule has 15 heavy (non-hydrogen) atoms. The molecule has 84 valence electrons. The first kappa shape index (κ1) is 13.2. The lowest BCUT2D eigenvalue weighted by atomic mass is 10.3. The lowest BCUT2D eigenvalue weighted by Crippen LogP contribution is -2.00. The van der Waals surface area contributed by atoms with Gasteiger partial charge in [-0.05, 0) is 13.0 Å². The molecule has 0 atom stereocenters. The highest BCUT2D eigenvalue weighted by atomic mass is 16.4. The Kier molecular flexibility index (Phi) is 5.77. The van der Waals surface area contributed by atoms with E-state index in [4.69, 9.17) is 10.2 Å². The van der Waals surface area contributed by atoms with Gasteiger partial charge in [-0.15, -0.1) is 0 Å². The van der Waals surface area contributed by atoms with Crippen LogP contribution in [-0.2, 0) is 16.6 Å². The SMILES string of the molecule is Cc1ccn(C)n1.O=C(O)CCC(=O)O. The maximum absolute atomic E-state index is 9.64. The summed E-state index contributed by atoms with van der Waals surface area (Å²) in [6.07, 6.45) is 1.33. The average Bonchev–Trinajstić information content (AvgIpc) is 2.47. The number of carbonyl (C=O) groups is 2. The minimum atomic E-state index is -1.08. The number of hydrogen-bond donors (Lipinski definition) is 2. The molecule has 0 aliphatic heterocycles. The van der Waals surface area contributed by atoms with Crippen LogP contribution in [0.25, 0.3) is 0 Å². The fourth-order valence-corrected chi connectivity index (χ4v) is 0.745. The zero-order chi connectivity index (χ0) is 11.8. The Balaban J connectivity index is 0.000000262. The van der Waals surface area contributed by atoms with Gasteiger partial charge in [0, 0.05) is 13.2 Å². The van der Waals surface area contributed by atoms with Gasteiger partial charge in [-0.1, -0.05) is 0 Å². The van der Waals surface area contributed by atoms with E-state index in [1.807, 2.05) is 26.2 Å². The smallest absolute Gasteiger partial charge is 0.303 e. The van der Waals surface area contributed by atoms with E-state index in [0.717, 1.165) is 5.69 Å². The molecule has 0 radical (unpaired) electrons. The Labute approximate surface area is 87.1 Å². The molecule has 0 bridgehead atoms. The molecule has 0 spiro atoms. The standard InChI is InChI=1S/C5H8N2.C4H6O4/c1-5-3-4-7(2)6-5;5-3(6)1-2-4(7)8/h3-4H,1-2H3;1-2H2,(H,5,6)(H,7,8). The maximum Gasteiger partial charge on any atom is 0.303 e. The van der Waals surface area contributed by atoms with Crippen LogP contribution in [0, 0.1) is 6.92 Å². The zero-order valence-electron chi connectivity index (χ0n) is 8.67. The zero-order valence-corrected chi connectivity index (χ0v) is 8.67. The van der Waals surface area contributed by atoms with Crippen molar-refractivity contribution in [1.29, 1.82) is 0 Å². The molecule has 0 fully saturated rings. The van der Waals surface area contributed by atoms with Crippen molar-refractivity contribution in [3.63, 3.8) is 0 Å². The van der Waals surface area contributed by atoms with Gasteiger partial charge in [-0.3, -0.25) is 14.3 Å². The van der Waals surface area contributed by atoms with E-state index in [0.29, 0.717) is 0 Å². The van der Waals surface area contributed by atoms with E-state index in [9.17, 15) is 9.59 Å². The van der Waals surface area contributed by atoms with Crippen LogP contribution in [0.5, 0.6) is 0 Å². The van der Waals surface area contributed by atoms with Gasteiger partial charge in [-0.2, -0.15) is 5.10 Å². The van der Waals surface area contributed by atoms with Crippen LogP contribution >= 0.6 is 0 Å². The topological polar surface area (TPSA) is 92.4 Å². The largest absolute Gasteiger partial charge is 0.481 e. The number of rotatable bonds is 3. The van der Waals surface area contributed by atoms with Crippen LogP contribution in [0.4, 0.5) is 0 Å². The normalized spacial score (nSPS) is 8.93. The minimum Gasteiger partial charge on any atom is -0.481 e. The number of aromatic nitrogens is 2. The first-order valence-electron chi connectivity index (χ1n) is 4.31. The van der Waals surface area contributed by atoms with E-state index in [2.05, 4.69) is 5.10 Å². The highest BCUT2D eigenvalue weighted by molar-refractivity contribution is 5.75. The van der Waals surface area contributed by atoms with Gasteiger partial charge in [0.25, 0.3) is 0 Å². The fourth-order valence-electron chi connectivity index (χ4n) is 0.745. The lowest BCUT2D eigenvalue weighted by molar-refractivity contribution is -0.143. The second-order valence-corrected chi connectivity index (χ2v) is 2.92. The monoisotopic (exact) mass is 214 g/mol. The first-order valence-corrected chi connectivity index (χ1v) is 4.31. The number of aryl methyl sites for hydroxylation is 2. The van der Waals surface area contributed by atoms with Crippen LogP contribution in [0.2, 0.25) is 0 Å². The van der Waals surface area contributed by atoms with Crippen LogP contribution in [0.1, 0.15) is 18.5 Å². The third-order valence-corrected chi connectivity index (χ3v) is 1.40. The Bertz CT molecular complexity index is 302. The number of aliphatic carboxylic acids is 2. The van der Waals surface area contributed by atoms with Crippen molar-refractivity contribution in [3.05, 3.63) is 18.0 Å². The predicted octanol–water partition coefficient (Wildman–Crippen LogP) is 0.664. The van der Waals surface area contributed by atoms with Crippen LogP contribution in [0.3, 0.4) is 0 Å². The molecule has 0 unspecified atom stereocenters. The Morgan fingerprint density at radius 3 is 1.93 bits per heavy atom. The van der Waals surface area contributed by atoms with Gasteiger partial charge in [-0.25, -0.2) is 0 Å². The molecule has 1 aromatic heterocycles. The molecule has 0 saturated carbocycles. The second kappa shape index (κ2) is 6.58. The quantitative estimate of drug-likeness (QED) is 0.771. The summed E-state index contributed by atoms with van der Waals surface area (Å²) in [5, 5.41) is 19.8. The van der Waals surface area contributed by atoms with E-state index in [1.165, 1.54) is 0 Å². The van der Waals surface area contributed by atoms with Crippen molar-refractivity contribution in [2.24, 2.45) is 7.05 Å². The summed E-state index contributed by atoms with van der Waals surface area (Å²) in [4.78, 5) is 19.3. The molecule has 6 nitrogen and oxygen atoms in total. The predicted molar refractivity (Wildman–Crippen MR) is 52.5 cm³/mol. The summed E-state index contributed by atoms with van der Waals surface area (Å²) in [6.45, 7) is 1.97. The molecule has 1 heterocycles. The molecule has 1 rings (SSSR count). The van der Waals surface area contributed by atoms with E-state index < -0.39 is 11.9 Å². The van der Waals surface area contributed by atoms with Gasteiger partial charge < -0.3 is 10.2 Å². The van der Waals surface area contributed by atoms with Gasteiger partial charge in [0.05, 0.1) is 18.5 Å². The number of carboxylic acids is 2. The second-order valence-electron chi connectivity index (χ2n) is 2.92. The van der Waals surface area contributed by atoms with Gasteiger partial charge >= 0.3 is 11.9 Å². The summed E-state index contributed by atoms with van der Waals surface area (Å²) >= 11 is 0. The molecule has 0 amide bonds. The summed E-state index contributed by atoms with van der Waals surface area (Å²) < 4.78 is 1.79. The van der Waals surface area contributed by atoms with Crippen molar-refractivity contribution in [3.8, 4) is 0 Å². The molecular formula is C9H14N2O4. The molecule has 0 saturated heterocycles. The minimum absolute atomic E-state index is 0.296. The fraction of sp³-hybridized carbons (Fsp3) is 0.444. The Hall–Kier alpha value is -1.85. The van der Waals surface area contributed by atoms with Crippen molar-refractivity contribution >= 4 is 11.9 Å². The van der Waals surface area contributed by atoms with Crippen LogP contribution in [0.15, 0.2) is 12.3 Å². The van der Waals surface area contributed by atoms with Crippen LogP contribution < -0.4 is 0 Å². The summed E-state index contributed by atoms with van der Waals surface area (Å²) in [5.74, 6) is -2.15. The molecule has 0 aliphatic rings. The Morgan fingerprint density at radius 2 is 1.80 bits per heavy atom. The molecule has 0 aromatic carbocycles. The van der Waals surface area contributed by atoms with Gasteiger partial charge in [0.15, 0.2) is 0 Å². The van der Waals surface area contributed by atoms with E-state index in [-0.39, 0.29) is 12.8 Å². The third kappa shape index (κ3) is 8.48. The molecule has 1 aromatic rings. The summed E-state index contributed by atoms with van der Waals surface area (Å²) in [5.41, 5.74) is 1.07. The van der Waals surface area contributed by atoms with E-state index in [1.54, 1.807) is 4.68 Å². The molecule has 0 aliphatic carbocycles. The average molecular weight is 214 g/mol. The van der Waals surface area contributed by atoms with Crippen molar-refractivity contribution in [2.75, 3.05) is 0 Å². The number of carboxylic acid groups (broad SMARTS) is 2. The van der Waals surface area contributed by atoms with E-state index >= 15 is 0 Å². The molecule has 6 heteroatoms. The van der Waals surface area contributed by atoms with Crippen molar-refractivity contribution in [1.82, 2.24) is 9.78 Å². The van der Waals surface area contributed by atoms with Crippen molar-refractivity contribution in [2.45, 2.75) is 19.8 Å². The summed E-state index contributed by atoms with van der Waals surface area (Å²) in [7, 11) is 1.91. The molecular weight excluding hydrogens is 200 g/mol. The highest BCUT2D eigenvalue weighted by Crippen LogP contribution is 1.87. The summed E-state index contributed by atoms with van der Waals surface area (Å²) in [6, 6.07) is 1.97. The first-order chi connectivity index (χ1) is 6.91. The third-order valence-electron chi connectivity index (χ3n) is 1.40. The molecule has 2 N–H and O–H groups in total. The van der Waals surface area contributed by atoms with Crippen molar-refractivity contribution < 1.29 is 19.8 Å². The highest BCUT2D eigenvalue weighted by Gasteiger charge is 2.00. The van der Waals surface area contributed by atoms with Crippen LogP contribution in [-0.4, -0.2) is 31.9 Å². The van der Waals surface area contributed by atoms with Gasteiger partial charge in [0.1, 0.15) is 0 Å².